The van der Waals surface area contributed by atoms with Gasteiger partial charge >= 0.3 is 0 Å². The fourth-order valence-corrected chi connectivity index (χ4v) is 0.705. The first-order chi connectivity index (χ1) is 5.98. The average molecular weight is 200 g/mol. The van der Waals surface area contributed by atoms with E-state index in [4.69, 9.17) is 11.6 Å². The Morgan fingerprint density at radius 3 is 2.62 bits per heavy atom. The first kappa shape index (κ1) is 12.4. The molecule has 0 atom stereocenters. The molecule has 0 fully saturated rings. The Morgan fingerprint density at radius 2 is 2.15 bits per heavy atom. The van der Waals surface area contributed by atoms with E-state index in [-0.39, 0.29) is 5.41 Å². The van der Waals surface area contributed by atoms with Gasteiger partial charge in [0.2, 0.25) is 0 Å². The Labute approximate surface area is 86.2 Å². The summed E-state index contributed by atoms with van der Waals surface area (Å²) in [6.45, 7) is 10.6. The van der Waals surface area contributed by atoms with E-state index in [0.717, 1.165) is 11.5 Å². The summed E-state index contributed by atoms with van der Waals surface area (Å²) in [7, 11) is 0. The topological polar surface area (TPSA) is 12.4 Å². The number of rotatable bonds is 5. The van der Waals surface area contributed by atoms with E-state index in [2.05, 4.69) is 25.4 Å². The lowest BCUT2D eigenvalue weighted by atomic mass is 9.90. The molecule has 0 heterocycles. The van der Waals surface area contributed by atoms with Crippen molar-refractivity contribution in [3.8, 4) is 0 Å². The molecule has 0 radical (unpaired) electrons. The van der Waals surface area contributed by atoms with Crippen molar-refractivity contribution in [3.63, 3.8) is 0 Å². The number of hydrogen-bond donors (Lipinski definition) is 0. The second kappa shape index (κ2) is 5.98. The number of hydrogen-bond acceptors (Lipinski definition) is 1. The van der Waals surface area contributed by atoms with E-state index in [1.807, 2.05) is 25.3 Å². The molecule has 13 heavy (non-hydrogen) atoms. The second-order valence-corrected chi connectivity index (χ2v) is 4.33. The molecule has 2 heteroatoms. The Balaban J connectivity index is 3.76. The van der Waals surface area contributed by atoms with Crippen LogP contribution in [0.4, 0.5) is 0 Å². The molecule has 0 aliphatic carbocycles. The summed E-state index contributed by atoms with van der Waals surface area (Å²) in [5.41, 5.74) is 0.142. The number of allylic oxidation sites excluding steroid dienone is 2. The predicted molar refractivity (Wildman–Crippen MR) is 61.6 cm³/mol. The van der Waals surface area contributed by atoms with Crippen LogP contribution in [-0.2, 0) is 0 Å². The number of aliphatic imine (C=N–C) groups is 1. The maximum absolute atomic E-state index is 5.64. The smallest absolute Gasteiger partial charge is 0.0580 e. The molecule has 0 rings (SSSR count). The molecule has 0 bridgehead atoms. The maximum Gasteiger partial charge on any atom is 0.0580 e. The third kappa shape index (κ3) is 7.79. The molecule has 0 amide bonds. The molecule has 0 spiro atoms. The highest BCUT2D eigenvalue weighted by atomic mass is 35.5. The SMILES string of the molecule is C=CC(C)(C)CC=NC/C=C(\C)Cl. The second-order valence-electron chi connectivity index (χ2n) is 3.74. The van der Waals surface area contributed by atoms with Crippen molar-refractivity contribution in [2.75, 3.05) is 6.54 Å². The van der Waals surface area contributed by atoms with Crippen LogP contribution in [0.15, 0.2) is 28.8 Å². The van der Waals surface area contributed by atoms with Crippen LogP contribution in [0.1, 0.15) is 27.2 Å². The molecule has 0 N–H and O–H groups in total. The minimum Gasteiger partial charge on any atom is -0.293 e. The first-order valence-electron chi connectivity index (χ1n) is 4.42. The van der Waals surface area contributed by atoms with Crippen LogP contribution in [0.5, 0.6) is 0 Å². The van der Waals surface area contributed by atoms with E-state index in [1.165, 1.54) is 0 Å². The largest absolute Gasteiger partial charge is 0.293 e. The molecule has 0 aromatic rings. The van der Waals surface area contributed by atoms with Gasteiger partial charge in [0.15, 0.2) is 0 Å². The van der Waals surface area contributed by atoms with Crippen molar-refractivity contribution in [2.24, 2.45) is 10.4 Å². The van der Waals surface area contributed by atoms with Gasteiger partial charge in [0.1, 0.15) is 0 Å². The van der Waals surface area contributed by atoms with Crippen molar-refractivity contribution >= 4 is 17.8 Å². The lowest BCUT2D eigenvalue weighted by Gasteiger charge is -2.15. The van der Waals surface area contributed by atoms with E-state index in [1.54, 1.807) is 0 Å². The molecular formula is C11H18ClN. The molecule has 0 unspecified atom stereocenters. The van der Waals surface area contributed by atoms with E-state index in [9.17, 15) is 0 Å². The van der Waals surface area contributed by atoms with Gasteiger partial charge in [-0.25, -0.2) is 0 Å². The highest BCUT2D eigenvalue weighted by Crippen LogP contribution is 2.19. The molecule has 0 saturated carbocycles. The van der Waals surface area contributed by atoms with Gasteiger partial charge in [-0.15, -0.1) is 6.58 Å². The Hall–Kier alpha value is -0.560. The van der Waals surface area contributed by atoms with E-state index in [0.29, 0.717) is 6.54 Å². The van der Waals surface area contributed by atoms with Crippen LogP contribution in [0.2, 0.25) is 0 Å². The fourth-order valence-electron chi connectivity index (χ4n) is 0.636. The summed E-state index contributed by atoms with van der Waals surface area (Å²) in [5.74, 6) is 0. The molecule has 0 aliphatic rings. The molecular weight excluding hydrogens is 182 g/mol. The van der Waals surface area contributed by atoms with Gasteiger partial charge in [0, 0.05) is 5.03 Å². The third-order valence-electron chi connectivity index (χ3n) is 1.78. The quantitative estimate of drug-likeness (QED) is 0.472. The summed E-state index contributed by atoms with van der Waals surface area (Å²) in [4.78, 5) is 4.21. The van der Waals surface area contributed by atoms with E-state index < -0.39 is 0 Å². The highest BCUT2D eigenvalue weighted by molar-refractivity contribution is 6.29. The van der Waals surface area contributed by atoms with Gasteiger partial charge in [-0.1, -0.05) is 31.5 Å². The molecule has 1 nitrogen and oxygen atoms in total. The summed E-state index contributed by atoms with van der Waals surface area (Å²) < 4.78 is 0. The van der Waals surface area contributed by atoms with Crippen molar-refractivity contribution in [1.29, 1.82) is 0 Å². The lowest BCUT2D eigenvalue weighted by Crippen LogP contribution is -2.06. The fraction of sp³-hybridized carbons (Fsp3) is 0.545. The van der Waals surface area contributed by atoms with Gasteiger partial charge in [-0.2, -0.15) is 0 Å². The summed E-state index contributed by atoms with van der Waals surface area (Å²) in [5, 5.41) is 0.792. The summed E-state index contributed by atoms with van der Waals surface area (Å²) in [6, 6.07) is 0. The van der Waals surface area contributed by atoms with Gasteiger partial charge in [0.05, 0.1) is 6.54 Å². The third-order valence-corrected chi connectivity index (χ3v) is 1.93. The standard InChI is InChI=1S/C11H18ClN/c1-5-11(3,4)7-9-13-8-6-10(2)12/h5-6,9H,1,7-8H2,2-4H3/b10-6+,13-9?. The summed E-state index contributed by atoms with van der Waals surface area (Å²) in [6.07, 6.45) is 6.68. The van der Waals surface area contributed by atoms with Crippen LogP contribution in [0, 0.1) is 5.41 Å². The highest BCUT2D eigenvalue weighted by Gasteiger charge is 2.09. The van der Waals surface area contributed by atoms with Gasteiger partial charge in [0.25, 0.3) is 0 Å². The molecule has 0 aliphatic heterocycles. The Morgan fingerprint density at radius 1 is 1.54 bits per heavy atom. The van der Waals surface area contributed by atoms with Crippen LogP contribution in [-0.4, -0.2) is 12.8 Å². The van der Waals surface area contributed by atoms with Crippen molar-refractivity contribution < 1.29 is 0 Å². The zero-order valence-corrected chi connectivity index (χ0v) is 9.43. The van der Waals surface area contributed by atoms with Crippen molar-refractivity contribution in [2.45, 2.75) is 27.2 Å². The normalized spacial score (nSPS) is 13.7. The van der Waals surface area contributed by atoms with E-state index >= 15 is 0 Å². The monoisotopic (exact) mass is 199 g/mol. The van der Waals surface area contributed by atoms with Crippen molar-refractivity contribution in [3.05, 3.63) is 23.8 Å². The average Bonchev–Trinajstić information content (AvgIpc) is 2.03. The van der Waals surface area contributed by atoms with Crippen LogP contribution in [0.25, 0.3) is 0 Å². The molecule has 74 valence electrons. The van der Waals surface area contributed by atoms with Gasteiger partial charge in [-0.3, -0.25) is 4.99 Å². The summed E-state index contributed by atoms with van der Waals surface area (Å²) >= 11 is 5.64. The Bertz CT molecular complexity index is 210. The van der Waals surface area contributed by atoms with Gasteiger partial charge in [-0.05, 0) is 31.1 Å². The Kier molecular flexibility index (Phi) is 5.72. The van der Waals surface area contributed by atoms with Crippen LogP contribution >= 0.6 is 11.6 Å². The van der Waals surface area contributed by atoms with Crippen molar-refractivity contribution in [1.82, 2.24) is 0 Å². The lowest BCUT2D eigenvalue weighted by molar-refractivity contribution is 0.509. The number of halogens is 1. The zero-order valence-electron chi connectivity index (χ0n) is 8.68. The zero-order chi connectivity index (χ0) is 10.3. The maximum atomic E-state index is 5.64. The number of nitrogens with zero attached hydrogens (tertiary/aromatic N) is 1. The minimum atomic E-state index is 0.142. The molecule has 0 saturated heterocycles. The first-order valence-corrected chi connectivity index (χ1v) is 4.80. The minimum absolute atomic E-state index is 0.142. The van der Waals surface area contributed by atoms with Crippen LogP contribution < -0.4 is 0 Å². The molecule has 0 aromatic heterocycles. The van der Waals surface area contributed by atoms with Crippen LogP contribution in [0.3, 0.4) is 0 Å². The van der Waals surface area contributed by atoms with Gasteiger partial charge < -0.3 is 0 Å². The predicted octanol–water partition coefficient (Wildman–Crippen LogP) is 3.80. The molecule has 0 aromatic carbocycles.